The number of hydrogen-bond acceptors (Lipinski definition) is 3. The lowest BCUT2D eigenvalue weighted by Crippen LogP contribution is -2.42. The van der Waals surface area contributed by atoms with Crippen molar-refractivity contribution in [2.45, 2.75) is 52.9 Å². The molecule has 0 aromatic rings. The van der Waals surface area contributed by atoms with E-state index in [-0.39, 0.29) is 5.92 Å². The molecule has 0 aliphatic rings. The first-order valence-electron chi connectivity index (χ1n) is 5.51. The molecule has 86 valence electrons. The van der Waals surface area contributed by atoms with Crippen molar-refractivity contribution >= 4 is 0 Å². The Balaban J connectivity index is 4.04. The van der Waals surface area contributed by atoms with Gasteiger partial charge in [0, 0.05) is 0 Å². The summed E-state index contributed by atoms with van der Waals surface area (Å²) in [6.07, 6.45) is 0.857. The lowest BCUT2D eigenvalue weighted by molar-refractivity contribution is -0.0747. The molecule has 0 aromatic carbocycles. The van der Waals surface area contributed by atoms with Crippen LogP contribution in [0.15, 0.2) is 0 Å². The van der Waals surface area contributed by atoms with Crippen molar-refractivity contribution in [3.8, 4) is 0 Å². The average Bonchev–Trinajstić information content (AvgIpc) is 2.14. The highest BCUT2D eigenvalue weighted by atomic mass is 16.5. The zero-order chi connectivity index (χ0) is 11.3. The second-order valence-electron chi connectivity index (χ2n) is 4.58. The van der Waals surface area contributed by atoms with E-state index in [0.29, 0.717) is 11.8 Å². The van der Waals surface area contributed by atoms with Gasteiger partial charge in [-0.15, -0.1) is 0 Å². The molecule has 0 aromatic heterocycles. The highest BCUT2D eigenvalue weighted by Gasteiger charge is 2.24. The molecule has 0 heterocycles. The Morgan fingerprint density at radius 1 is 1.14 bits per heavy atom. The van der Waals surface area contributed by atoms with Crippen LogP contribution in [0.5, 0.6) is 0 Å². The molecule has 3 nitrogen and oxygen atoms in total. The minimum absolute atomic E-state index is 0.143. The third kappa shape index (κ3) is 4.40. The molecule has 3 heteroatoms. The van der Waals surface area contributed by atoms with Crippen LogP contribution < -0.4 is 5.73 Å². The fraction of sp³-hybridized carbons (Fsp3) is 1.00. The van der Waals surface area contributed by atoms with Gasteiger partial charge in [0.05, 0.1) is 6.04 Å². The number of hydrogen-bond donors (Lipinski definition) is 3. The van der Waals surface area contributed by atoms with E-state index in [1.807, 2.05) is 6.92 Å². The Labute approximate surface area is 87.3 Å². The van der Waals surface area contributed by atoms with Crippen molar-refractivity contribution in [3.05, 3.63) is 0 Å². The monoisotopic (exact) mass is 203 g/mol. The van der Waals surface area contributed by atoms with E-state index in [4.69, 9.17) is 15.9 Å². The van der Waals surface area contributed by atoms with E-state index in [1.54, 1.807) is 0 Å². The van der Waals surface area contributed by atoms with Gasteiger partial charge in [-0.3, -0.25) is 0 Å². The summed E-state index contributed by atoms with van der Waals surface area (Å²) in [6, 6.07) is -0.533. The Morgan fingerprint density at radius 2 is 1.64 bits per heavy atom. The normalized spacial score (nSPS) is 20.6. The van der Waals surface area contributed by atoms with Gasteiger partial charge in [-0.05, 0) is 24.2 Å². The van der Waals surface area contributed by atoms with Crippen LogP contribution in [0.4, 0.5) is 0 Å². The van der Waals surface area contributed by atoms with Crippen molar-refractivity contribution in [1.82, 2.24) is 0 Å². The fourth-order valence-corrected chi connectivity index (χ4v) is 1.67. The second kappa shape index (κ2) is 6.38. The standard InChI is InChI=1S/C11H25NO2/c1-5-7(2)6-8(3)9(4)10(12)11(13)14/h7-11,13-14H,5-6,12H2,1-4H3/t7-,8?,9?,10?/m1/s1. The van der Waals surface area contributed by atoms with E-state index in [9.17, 15) is 0 Å². The van der Waals surface area contributed by atoms with E-state index >= 15 is 0 Å². The predicted octanol–water partition coefficient (Wildman–Crippen LogP) is 1.33. The topological polar surface area (TPSA) is 66.5 Å². The van der Waals surface area contributed by atoms with Gasteiger partial charge in [-0.1, -0.05) is 34.1 Å². The lowest BCUT2D eigenvalue weighted by Gasteiger charge is -2.28. The zero-order valence-electron chi connectivity index (χ0n) is 9.77. The van der Waals surface area contributed by atoms with Gasteiger partial charge >= 0.3 is 0 Å². The van der Waals surface area contributed by atoms with Gasteiger partial charge in [0.2, 0.25) is 0 Å². The molecule has 3 unspecified atom stereocenters. The van der Waals surface area contributed by atoms with Gasteiger partial charge in [-0.2, -0.15) is 0 Å². The number of aliphatic hydroxyl groups excluding tert-OH is 1. The molecular weight excluding hydrogens is 178 g/mol. The average molecular weight is 203 g/mol. The minimum atomic E-state index is -1.40. The molecule has 0 spiro atoms. The highest BCUT2D eigenvalue weighted by Crippen LogP contribution is 2.24. The molecule has 0 saturated heterocycles. The maximum Gasteiger partial charge on any atom is 0.167 e. The molecule has 4 N–H and O–H groups in total. The van der Waals surface area contributed by atoms with E-state index in [0.717, 1.165) is 12.8 Å². The summed E-state index contributed by atoms with van der Waals surface area (Å²) in [5.41, 5.74) is 5.68. The smallest absolute Gasteiger partial charge is 0.167 e. The summed E-state index contributed by atoms with van der Waals surface area (Å²) in [7, 11) is 0. The molecule has 0 aliphatic carbocycles. The van der Waals surface area contributed by atoms with Crippen LogP contribution in [0.2, 0.25) is 0 Å². The van der Waals surface area contributed by atoms with Gasteiger partial charge in [0.15, 0.2) is 6.29 Å². The van der Waals surface area contributed by atoms with Crippen molar-refractivity contribution in [1.29, 1.82) is 0 Å². The molecule has 0 fully saturated rings. The van der Waals surface area contributed by atoms with E-state index in [2.05, 4.69) is 20.8 Å². The van der Waals surface area contributed by atoms with Crippen molar-refractivity contribution in [2.24, 2.45) is 23.5 Å². The molecule has 4 atom stereocenters. The quantitative estimate of drug-likeness (QED) is 0.571. The maximum absolute atomic E-state index is 8.96. The van der Waals surface area contributed by atoms with E-state index < -0.39 is 12.3 Å². The molecule has 0 amide bonds. The van der Waals surface area contributed by atoms with Gasteiger partial charge in [0.1, 0.15) is 0 Å². The first-order valence-corrected chi connectivity index (χ1v) is 5.51. The molecular formula is C11H25NO2. The fourth-order valence-electron chi connectivity index (χ4n) is 1.67. The van der Waals surface area contributed by atoms with Crippen LogP contribution in [-0.4, -0.2) is 22.5 Å². The lowest BCUT2D eigenvalue weighted by atomic mass is 9.82. The summed E-state index contributed by atoms with van der Waals surface area (Å²) in [6.45, 7) is 8.49. The second-order valence-corrected chi connectivity index (χ2v) is 4.58. The number of rotatable bonds is 6. The molecule has 0 rings (SSSR count). The van der Waals surface area contributed by atoms with Crippen LogP contribution in [-0.2, 0) is 0 Å². The summed E-state index contributed by atoms with van der Waals surface area (Å²) in [4.78, 5) is 0. The number of nitrogens with two attached hydrogens (primary N) is 1. The van der Waals surface area contributed by atoms with Crippen molar-refractivity contribution in [2.75, 3.05) is 0 Å². The van der Waals surface area contributed by atoms with E-state index in [1.165, 1.54) is 0 Å². The first-order chi connectivity index (χ1) is 6.40. The van der Waals surface area contributed by atoms with Crippen molar-refractivity contribution < 1.29 is 10.2 Å². The largest absolute Gasteiger partial charge is 0.367 e. The van der Waals surface area contributed by atoms with Crippen LogP contribution in [0.25, 0.3) is 0 Å². The van der Waals surface area contributed by atoms with Gasteiger partial charge in [-0.25, -0.2) is 0 Å². The molecule has 0 saturated carbocycles. The Bertz CT molecular complexity index is 150. The highest BCUT2D eigenvalue weighted by molar-refractivity contribution is 4.76. The molecule has 0 bridgehead atoms. The summed E-state index contributed by atoms with van der Waals surface area (Å²) in [5.74, 6) is 1.25. The van der Waals surface area contributed by atoms with Crippen LogP contribution in [0.3, 0.4) is 0 Å². The SMILES string of the molecule is CC[C@@H](C)CC(C)C(C)C(N)C(O)O. The van der Waals surface area contributed by atoms with Gasteiger partial charge in [0.25, 0.3) is 0 Å². The molecule has 0 radical (unpaired) electrons. The number of aliphatic hydroxyl groups is 2. The predicted molar refractivity (Wildman–Crippen MR) is 58.6 cm³/mol. The first kappa shape index (κ1) is 13.9. The summed E-state index contributed by atoms with van der Waals surface area (Å²) < 4.78 is 0. The van der Waals surface area contributed by atoms with Crippen LogP contribution >= 0.6 is 0 Å². The van der Waals surface area contributed by atoms with Crippen LogP contribution in [0.1, 0.15) is 40.5 Å². The van der Waals surface area contributed by atoms with Crippen molar-refractivity contribution in [3.63, 3.8) is 0 Å². The summed E-state index contributed by atoms with van der Waals surface area (Å²) in [5, 5.41) is 17.9. The molecule has 0 aliphatic heterocycles. The maximum atomic E-state index is 8.96. The minimum Gasteiger partial charge on any atom is -0.367 e. The zero-order valence-corrected chi connectivity index (χ0v) is 9.77. The third-order valence-electron chi connectivity index (χ3n) is 3.32. The third-order valence-corrected chi connectivity index (χ3v) is 3.32. The Morgan fingerprint density at radius 3 is 2.00 bits per heavy atom. The van der Waals surface area contributed by atoms with Gasteiger partial charge < -0.3 is 15.9 Å². The molecule has 14 heavy (non-hydrogen) atoms. The Hall–Kier alpha value is -0.120. The Kier molecular flexibility index (Phi) is 6.33. The van der Waals surface area contributed by atoms with Crippen LogP contribution in [0, 0.1) is 17.8 Å². The summed E-state index contributed by atoms with van der Waals surface area (Å²) >= 11 is 0.